The Kier molecular flexibility index (Phi) is 5.83. The number of rotatable bonds is 4. The second-order valence-electron chi connectivity index (χ2n) is 8.06. The number of piperidine rings is 1. The quantitative estimate of drug-likeness (QED) is 0.762. The van der Waals surface area contributed by atoms with Gasteiger partial charge in [-0.05, 0) is 31.4 Å². The molecule has 0 bridgehead atoms. The van der Waals surface area contributed by atoms with Crippen molar-refractivity contribution in [3.05, 3.63) is 41.1 Å². The topological polar surface area (TPSA) is 94.4 Å². The minimum atomic E-state index is -0.0983. The zero-order valence-electron chi connectivity index (χ0n) is 18.0. The van der Waals surface area contributed by atoms with Gasteiger partial charge in [0.15, 0.2) is 11.5 Å². The van der Waals surface area contributed by atoms with E-state index >= 15 is 0 Å². The minimum Gasteiger partial charge on any atom is -0.341 e. The predicted molar refractivity (Wildman–Crippen MR) is 119 cm³/mol. The van der Waals surface area contributed by atoms with Crippen LogP contribution in [0.1, 0.15) is 41.4 Å². The van der Waals surface area contributed by atoms with E-state index in [1.807, 2.05) is 34.7 Å². The average Bonchev–Trinajstić information content (AvgIpc) is 3.16. The lowest BCUT2D eigenvalue weighted by atomic mass is 10.1. The monoisotopic (exact) mass is 417 g/mol. The molecule has 2 aliphatic rings. The summed E-state index contributed by atoms with van der Waals surface area (Å²) in [4.78, 5) is 24.3. The third-order valence-electron chi connectivity index (χ3n) is 5.82. The van der Waals surface area contributed by atoms with Crippen LogP contribution in [0.4, 0.5) is 11.8 Å². The van der Waals surface area contributed by atoms with E-state index in [2.05, 4.69) is 22.8 Å². The first-order valence-electron chi connectivity index (χ1n) is 10.5. The molecule has 2 aromatic rings. The number of carbonyl (C=O) groups excluding carboxylic acids is 1. The fourth-order valence-corrected chi connectivity index (χ4v) is 4.28. The molecule has 8 nitrogen and oxygen atoms in total. The highest BCUT2D eigenvalue weighted by Crippen LogP contribution is 2.32. The van der Waals surface area contributed by atoms with Crippen molar-refractivity contribution in [1.29, 1.82) is 5.26 Å². The van der Waals surface area contributed by atoms with E-state index in [1.54, 1.807) is 17.9 Å². The molecule has 2 N–H and O–H groups in total. The van der Waals surface area contributed by atoms with E-state index in [4.69, 9.17) is 10.7 Å². The van der Waals surface area contributed by atoms with Crippen LogP contribution in [0.15, 0.2) is 24.3 Å². The molecule has 1 saturated heterocycles. The van der Waals surface area contributed by atoms with Crippen LogP contribution in [0, 0.1) is 23.2 Å². The number of aromatic nitrogens is 2. The summed E-state index contributed by atoms with van der Waals surface area (Å²) in [7, 11) is 1.93. The zero-order valence-corrected chi connectivity index (χ0v) is 18.0. The highest BCUT2D eigenvalue weighted by atomic mass is 16.2. The van der Waals surface area contributed by atoms with Gasteiger partial charge >= 0.3 is 0 Å². The summed E-state index contributed by atoms with van der Waals surface area (Å²) < 4.78 is 1.92. The molecule has 1 unspecified atom stereocenters. The molecule has 160 valence electrons. The fraction of sp³-hybridized carbons (Fsp3) is 0.435. The molecule has 0 spiro atoms. The van der Waals surface area contributed by atoms with Gasteiger partial charge in [-0.1, -0.05) is 24.1 Å². The first-order valence-corrected chi connectivity index (χ1v) is 10.5. The Hall–Kier alpha value is -3.49. The maximum atomic E-state index is 13.6. The first kappa shape index (κ1) is 20.8. The van der Waals surface area contributed by atoms with Crippen molar-refractivity contribution in [2.24, 2.45) is 5.73 Å². The van der Waals surface area contributed by atoms with E-state index in [1.165, 1.54) is 0 Å². The average molecular weight is 418 g/mol. The summed E-state index contributed by atoms with van der Waals surface area (Å²) in [5.41, 5.74) is 8.16. The number of nitrogens with two attached hydrogens (primary N) is 1. The number of carbonyl (C=O) groups is 1. The van der Waals surface area contributed by atoms with E-state index in [0.717, 1.165) is 30.9 Å². The number of hydrogen-bond acceptors (Lipinski definition) is 6. The van der Waals surface area contributed by atoms with E-state index in [0.29, 0.717) is 43.4 Å². The summed E-state index contributed by atoms with van der Waals surface area (Å²) in [5.74, 6) is 7.34. The molecule has 8 heteroatoms. The Labute approximate surface area is 182 Å². The highest BCUT2D eigenvalue weighted by molar-refractivity contribution is 6.00. The molecule has 1 amide bonds. The van der Waals surface area contributed by atoms with Crippen LogP contribution in [0.3, 0.4) is 0 Å². The van der Waals surface area contributed by atoms with Crippen LogP contribution >= 0.6 is 0 Å². The van der Waals surface area contributed by atoms with Crippen LogP contribution in [-0.2, 0) is 13.1 Å². The lowest BCUT2D eigenvalue weighted by Gasteiger charge is -2.34. The summed E-state index contributed by atoms with van der Waals surface area (Å²) in [6.07, 6.45) is 2.00. The molecule has 0 radical (unpaired) electrons. The molecule has 3 heterocycles. The number of fused-ring (bicyclic) bond motifs is 1. The van der Waals surface area contributed by atoms with Gasteiger partial charge in [-0.3, -0.25) is 9.36 Å². The standard InChI is InChI=1S/C23H27N7O/c1-3-4-12-30-20-21(26-23(30)28-11-7-10-19(25)15-28)27(2)16-29(22(20)31)14-18-9-6-5-8-17(18)13-24/h5-6,8-9,19H,7,10-12,14-16,25H2,1-2H3. The van der Waals surface area contributed by atoms with Gasteiger partial charge in [0.05, 0.1) is 24.8 Å². The second-order valence-corrected chi connectivity index (χ2v) is 8.06. The van der Waals surface area contributed by atoms with Crippen molar-refractivity contribution >= 4 is 17.7 Å². The molecule has 0 aliphatic carbocycles. The Bertz CT molecular complexity index is 1090. The van der Waals surface area contributed by atoms with E-state index in [9.17, 15) is 10.1 Å². The predicted octanol–water partition coefficient (Wildman–Crippen LogP) is 1.76. The van der Waals surface area contributed by atoms with Crippen LogP contribution in [-0.4, -0.2) is 53.2 Å². The van der Waals surface area contributed by atoms with Crippen molar-refractivity contribution < 1.29 is 4.79 Å². The number of amides is 1. The first-order chi connectivity index (χ1) is 15.0. The van der Waals surface area contributed by atoms with Gasteiger partial charge in [-0.2, -0.15) is 10.2 Å². The van der Waals surface area contributed by atoms with Crippen molar-refractivity contribution in [2.45, 2.75) is 38.9 Å². The number of hydrogen-bond donors (Lipinski definition) is 1. The lowest BCUT2D eigenvalue weighted by Crippen LogP contribution is -2.45. The van der Waals surface area contributed by atoms with Crippen molar-refractivity contribution in [3.8, 4) is 17.9 Å². The maximum absolute atomic E-state index is 13.6. The van der Waals surface area contributed by atoms with Gasteiger partial charge in [0, 0.05) is 32.7 Å². The summed E-state index contributed by atoms with van der Waals surface area (Å²) in [6, 6.07) is 9.70. The smallest absolute Gasteiger partial charge is 0.276 e. The van der Waals surface area contributed by atoms with E-state index in [-0.39, 0.29) is 11.9 Å². The van der Waals surface area contributed by atoms with E-state index < -0.39 is 0 Å². The van der Waals surface area contributed by atoms with Crippen LogP contribution < -0.4 is 15.5 Å². The number of benzene rings is 1. The van der Waals surface area contributed by atoms with Gasteiger partial charge in [0.25, 0.3) is 5.91 Å². The molecule has 1 aromatic heterocycles. The largest absolute Gasteiger partial charge is 0.341 e. The fourth-order valence-electron chi connectivity index (χ4n) is 4.28. The number of anilines is 2. The Balaban J connectivity index is 1.72. The van der Waals surface area contributed by atoms with Crippen molar-refractivity contribution in [1.82, 2.24) is 14.5 Å². The van der Waals surface area contributed by atoms with Gasteiger partial charge in [-0.15, -0.1) is 5.92 Å². The maximum Gasteiger partial charge on any atom is 0.276 e. The van der Waals surface area contributed by atoms with Crippen molar-refractivity contribution in [2.75, 3.05) is 36.6 Å². The summed E-state index contributed by atoms with van der Waals surface area (Å²) in [6.45, 7) is 4.52. The minimum absolute atomic E-state index is 0.0978. The Morgan fingerprint density at radius 3 is 2.87 bits per heavy atom. The molecule has 2 aliphatic heterocycles. The SMILES string of the molecule is CC#CCn1c(N2CCCC(N)C2)nc2c1C(=O)N(Cc1ccccc1C#N)CN2C. The molecule has 1 aromatic carbocycles. The van der Waals surface area contributed by atoms with Gasteiger partial charge in [0.2, 0.25) is 5.95 Å². The number of imidazole rings is 1. The molecular formula is C23H27N7O. The Morgan fingerprint density at radius 1 is 1.32 bits per heavy atom. The summed E-state index contributed by atoms with van der Waals surface area (Å²) >= 11 is 0. The van der Waals surface area contributed by atoms with Gasteiger partial charge in [0.1, 0.15) is 0 Å². The zero-order chi connectivity index (χ0) is 22.0. The molecule has 31 heavy (non-hydrogen) atoms. The van der Waals surface area contributed by atoms with Crippen LogP contribution in [0.25, 0.3) is 0 Å². The van der Waals surface area contributed by atoms with Crippen molar-refractivity contribution in [3.63, 3.8) is 0 Å². The molecule has 4 rings (SSSR count). The second kappa shape index (κ2) is 8.71. The van der Waals surface area contributed by atoms with Crippen LogP contribution in [0.2, 0.25) is 0 Å². The molecule has 0 saturated carbocycles. The van der Waals surface area contributed by atoms with Gasteiger partial charge < -0.3 is 20.4 Å². The summed E-state index contributed by atoms with van der Waals surface area (Å²) in [5, 5.41) is 9.42. The third kappa shape index (κ3) is 3.95. The third-order valence-corrected chi connectivity index (χ3v) is 5.82. The number of nitriles is 1. The normalized spacial score (nSPS) is 18.3. The van der Waals surface area contributed by atoms with Gasteiger partial charge in [-0.25, -0.2) is 0 Å². The molecule has 1 atom stereocenters. The number of nitrogens with zero attached hydrogens (tertiary/aromatic N) is 6. The highest BCUT2D eigenvalue weighted by Gasteiger charge is 2.36. The lowest BCUT2D eigenvalue weighted by molar-refractivity contribution is 0.0720. The molecular weight excluding hydrogens is 390 g/mol. The van der Waals surface area contributed by atoms with Crippen LogP contribution in [0.5, 0.6) is 0 Å². The Morgan fingerprint density at radius 2 is 2.13 bits per heavy atom. The molecule has 1 fully saturated rings.